The monoisotopic (exact) mass is 898 g/mol. The standard InChI is InChI=1S/C43H62N8O9S2/c1-25(2)44-41-47-33(24-61-41)32-20-35(29-17-16-27(59-7)18-31(29)45-32)60-28-19-34-37(52)49-43(39(54)55)21-26(43)14-12-10-9-11-13-15-30(38(53)51(34)22-28)46-40(56)48-36(42(3,4)5)23-50(6)62(8,57)58/h16-18,20,24-26,28,30,34,36H,9-15,19,21-23H2,1-8H3,(H,44,47)(H,49,52)(H,54,55)(H2,46,48,56)/t26?,28?,30-,34-,36+,43+/m0/s1. The summed E-state index contributed by atoms with van der Waals surface area (Å²) in [6, 6.07) is 3.95. The number of pyridine rings is 1. The second-order valence-corrected chi connectivity index (χ2v) is 21.3. The second kappa shape index (κ2) is 18.9. The van der Waals surface area contributed by atoms with E-state index in [0.29, 0.717) is 53.1 Å². The third-order valence-electron chi connectivity index (χ3n) is 12.1. The van der Waals surface area contributed by atoms with Gasteiger partial charge in [-0.05, 0) is 56.6 Å². The van der Waals surface area contributed by atoms with Crippen LogP contribution < -0.4 is 30.7 Å². The Hall–Kier alpha value is -4.75. The van der Waals surface area contributed by atoms with Gasteiger partial charge in [-0.2, -0.15) is 0 Å². The van der Waals surface area contributed by atoms with Crippen molar-refractivity contribution < 1.29 is 42.2 Å². The molecule has 2 aliphatic heterocycles. The summed E-state index contributed by atoms with van der Waals surface area (Å²) in [5, 5.41) is 25.7. The van der Waals surface area contributed by atoms with Crippen LogP contribution in [0, 0.1) is 11.3 Å². The van der Waals surface area contributed by atoms with Crippen molar-refractivity contribution in [1.29, 1.82) is 0 Å². The first-order valence-electron chi connectivity index (χ1n) is 21.4. The highest BCUT2D eigenvalue weighted by Crippen LogP contribution is 2.48. The van der Waals surface area contributed by atoms with Crippen molar-refractivity contribution in [2.45, 2.75) is 128 Å². The van der Waals surface area contributed by atoms with Gasteiger partial charge in [0.25, 0.3) is 0 Å². The number of fused-ring (bicyclic) bond motifs is 3. The Morgan fingerprint density at radius 2 is 1.79 bits per heavy atom. The van der Waals surface area contributed by atoms with Gasteiger partial charge in [-0.1, -0.05) is 52.9 Å². The number of aliphatic carboxylic acids is 1. The second-order valence-electron chi connectivity index (χ2n) is 18.4. The maximum atomic E-state index is 14.8. The number of benzene rings is 1. The molecule has 2 aromatic heterocycles. The quantitative estimate of drug-likeness (QED) is 0.158. The Kier molecular flexibility index (Phi) is 14.3. The van der Waals surface area contributed by atoms with Crippen LogP contribution in [0.5, 0.6) is 11.5 Å². The van der Waals surface area contributed by atoms with Crippen molar-refractivity contribution in [1.82, 2.24) is 35.1 Å². The van der Waals surface area contributed by atoms with Crippen molar-refractivity contribution in [3.8, 4) is 22.9 Å². The predicted octanol–water partition coefficient (Wildman–Crippen LogP) is 5.21. The van der Waals surface area contributed by atoms with Crippen LogP contribution in [-0.4, -0.2) is 126 Å². The van der Waals surface area contributed by atoms with Crippen molar-refractivity contribution >= 4 is 61.2 Å². The smallest absolute Gasteiger partial charge is 0.329 e. The van der Waals surface area contributed by atoms with Gasteiger partial charge in [-0.25, -0.2) is 32.3 Å². The minimum Gasteiger partial charge on any atom is -0.497 e. The molecule has 4 amide bonds. The number of carboxylic acids is 1. The Labute approximate surface area is 368 Å². The number of hydrogen-bond donors (Lipinski definition) is 5. The molecule has 0 bridgehead atoms. The van der Waals surface area contributed by atoms with Crippen LogP contribution in [-0.2, 0) is 24.4 Å². The molecule has 0 spiro atoms. The number of likely N-dealkylation sites (N-methyl/N-ethyl adjacent to an activating group) is 1. The first-order valence-corrected chi connectivity index (χ1v) is 24.1. The molecule has 62 heavy (non-hydrogen) atoms. The number of carboxylic acid groups (broad SMARTS) is 1. The molecule has 1 aliphatic carbocycles. The van der Waals surface area contributed by atoms with Gasteiger partial charge in [0, 0.05) is 55.0 Å². The molecule has 6 atom stereocenters. The van der Waals surface area contributed by atoms with Crippen LogP contribution in [0.3, 0.4) is 0 Å². The Morgan fingerprint density at radius 1 is 1.08 bits per heavy atom. The molecule has 3 aliphatic rings. The fourth-order valence-electron chi connectivity index (χ4n) is 8.25. The molecule has 5 N–H and O–H groups in total. The number of nitrogens with one attached hydrogen (secondary N) is 4. The third kappa shape index (κ3) is 11.1. The molecule has 2 unspecified atom stereocenters. The van der Waals surface area contributed by atoms with Crippen molar-refractivity contribution in [3.05, 3.63) is 29.6 Å². The number of nitrogens with zero attached hydrogens (tertiary/aromatic N) is 4. The average Bonchev–Trinajstić information content (AvgIpc) is 3.46. The third-order valence-corrected chi connectivity index (χ3v) is 14.2. The van der Waals surface area contributed by atoms with Crippen molar-refractivity contribution in [2.24, 2.45) is 11.3 Å². The van der Waals surface area contributed by atoms with E-state index in [1.165, 1.54) is 27.6 Å². The Bertz CT molecular complexity index is 2250. The summed E-state index contributed by atoms with van der Waals surface area (Å²) in [5.41, 5.74) is -0.219. The Morgan fingerprint density at radius 3 is 2.45 bits per heavy atom. The number of amides is 4. The molecule has 6 rings (SSSR count). The number of anilines is 1. The van der Waals surface area contributed by atoms with Crippen LogP contribution in [0.4, 0.5) is 9.93 Å². The molecule has 3 aromatic rings. The molecule has 17 nitrogen and oxygen atoms in total. The summed E-state index contributed by atoms with van der Waals surface area (Å²) in [5.74, 6) is -1.38. The first-order chi connectivity index (χ1) is 29.2. The lowest BCUT2D eigenvalue weighted by Gasteiger charge is -2.35. The van der Waals surface area contributed by atoms with Crippen molar-refractivity contribution in [2.75, 3.05) is 38.8 Å². The fourth-order valence-corrected chi connectivity index (χ4v) is 9.53. The molecule has 1 saturated carbocycles. The number of sulfonamides is 1. The van der Waals surface area contributed by atoms with Crippen LogP contribution in [0.1, 0.15) is 92.4 Å². The topological polar surface area (TPSA) is 221 Å². The molecule has 0 radical (unpaired) electrons. The summed E-state index contributed by atoms with van der Waals surface area (Å²) in [4.78, 5) is 66.8. The SMILES string of the molecule is COc1ccc2c(OC3C[C@H]4C(=O)N[C@]5(C(=O)O)CC5CCCCCCC[C@H](NC(=O)N[C@H](CN(C)S(C)(=O)=O)C(C)(C)C)C(=O)N4C3)cc(-c3csc(NC(C)C)n3)nc2c1. The van der Waals surface area contributed by atoms with Crippen LogP contribution >= 0.6 is 11.3 Å². The number of methoxy groups -OCH3 is 1. The molecule has 340 valence electrons. The van der Waals surface area contributed by atoms with Gasteiger partial charge in [-0.3, -0.25) is 9.59 Å². The number of carbonyl (C=O) groups is 4. The van der Waals surface area contributed by atoms with E-state index in [4.69, 9.17) is 19.4 Å². The Balaban J connectivity index is 1.32. The number of ether oxygens (including phenoxy) is 2. The minimum absolute atomic E-state index is 0.00469. The lowest BCUT2D eigenvalue weighted by molar-refractivity contribution is -0.145. The maximum absolute atomic E-state index is 14.8. The van der Waals surface area contributed by atoms with Gasteiger partial charge in [-0.15, -0.1) is 11.3 Å². The molecular weight excluding hydrogens is 837 g/mol. The highest BCUT2D eigenvalue weighted by molar-refractivity contribution is 7.88. The molecule has 3 fully saturated rings. The summed E-state index contributed by atoms with van der Waals surface area (Å²) in [7, 11) is -0.538. The van der Waals surface area contributed by atoms with E-state index in [-0.39, 0.29) is 37.9 Å². The molecule has 4 heterocycles. The zero-order chi connectivity index (χ0) is 45.1. The van der Waals surface area contributed by atoms with E-state index in [9.17, 15) is 32.7 Å². The zero-order valence-corrected chi connectivity index (χ0v) is 38.6. The zero-order valence-electron chi connectivity index (χ0n) is 36.9. The van der Waals surface area contributed by atoms with E-state index in [0.717, 1.165) is 37.1 Å². The predicted molar refractivity (Wildman–Crippen MR) is 238 cm³/mol. The van der Waals surface area contributed by atoms with Gasteiger partial charge in [0.15, 0.2) is 5.13 Å². The largest absolute Gasteiger partial charge is 0.497 e. The summed E-state index contributed by atoms with van der Waals surface area (Å²) < 4.78 is 38.0. The summed E-state index contributed by atoms with van der Waals surface area (Å²) >= 11 is 1.45. The lowest BCUT2D eigenvalue weighted by atomic mass is 9.87. The van der Waals surface area contributed by atoms with E-state index in [1.807, 2.05) is 46.1 Å². The minimum atomic E-state index is -3.55. The van der Waals surface area contributed by atoms with Gasteiger partial charge in [0.05, 0.1) is 31.1 Å². The number of rotatable bonds is 12. The van der Waals surface area contributed by atoms with E-state index >= 15 is 0 Å². The van der Waals surface area contributed by atoms with Gasteiger partial charge in [0.2, 0.25) is 21.8 Å². The van der Waals surface area contributed by atoms with Gasteiger partial charge in [0.1, 0.15) is 40.9 Å². The first kappa shape index (κ1) is 46.7. The van der Waals surface area contributed by atoms with E-state index < -0.39 is 69.0 Å². The van der Waals surface area contributed by atoms with Crippen molar-refractivity contribution in [3.63, 3.8) is 0 Å². The van der Waals surface area contributed by atoms with Crippen LogP contribution in [0.2, 0.25) is 0 Å². The molecule has 2 saturated heterocycles. The normalized spacial score (nSPS) is 24.3. The number of hydrogen-bond acceptors (Lipinski definition) is 12. The van der Waals surface area contributed by atoms with Crippen LogP contribution in [0.15, 0.2) is 29.6 Å². The average molecular weight is 899 g/mol. The number of urea groups is 1. The number of aromatic nitrogens is 2. The van der Waals surface area contributed by atoms with Gasteiger partial charge >= 0.3 is 12.0 Å². The lowest BCUT2D eigenvalue weighted by Crippen LogP contribution is -2.59. The number of thiazole rings is 1. The molecule has 19 heteroatoms. The summed E-state index contributed by atoms with van der Waals surface area (Å²) in [6.45, 7) is 9.68. The highest BCUT2D eigenvalue weighted by atomic mass is 32.2. The van der Waals surface area contributed by atoms with Crippen LogP contribution in [0.25, 0.3) is 22.3 Å². The summed E-state index contributed by atoms with van der Waals surface area (Å²) in [6.07, 6.45) is 5.63. The molecule has 1 aromatic carbocycles. The highest BCUT2D eigenvalue weighted by Gasteiger charge is 2.62. The van der Waals surface area contributed by atoms with Gasteiger partial charge < -0.3 is 40.7 Å². The maximum Gasteiger partial charge on any atom is 0.329 e. The van der Waals surface area contributed by atoms with E-state index in [2.05, 4.69) is 21.3 Å². The van der Waals surface area contributed by atoms with E-state index in [1.54, 1.807) is 25.3 Å². The molecular formula is C43H62N8O9S2. The number of carbonyl (C=O) groups excluding carboxylic acids is 3. The fraction of sp³-hybridized carbons (Fsp3) is 0.628.